The molecule has 0 fully saturated rings. The summed E-state index contributed by atoms with van der Waals surface area (Å²) in [6, 6.07) is 0. The fraction of sp³-hybridized carbons (Fsp3) is 0.800. The minimum absolute atomic E-state index is 0.319. The molecule has 0 aliphatic rings. The molecule has 0 amide bonds. The number of hydrogen-bond donors (Lipinski definition) is 2. The van der Waals surface area contributed by atoms with Crippen LogP contribution in [0.3, 0.4) is 0 Å². The number of thiocarbonyl (C=S) groups is 1. The van der Waals surface area contributed by atoms with Crippen molar-refractivity contribution in [3.63, 3.8) is 0 Å². The van der Waals surface area contributed by atoms with Crippen molar-refractivity contribution >= 4 is 17.3 Å². The Morgan fingerprint density at radius 1 is 1.44 bits per heavy atom. The summed E-state index contributed by atoms with van der Waals surface area (Å²) in [5.41, 5.74) is 10.4. The summed E-state index contributed by atoms with van der Waals surface area (Å²) in [4.78, 5) is 0. The van der Waals surface area contributed by atoms with Crippen molar-refractivity contribution in [2.24, 2.45) is 11.5 Å². The molecule has 0 saturated heterocycles. The Hall–Kier alpha value is -0.190. The molecule has 4 N–H and O–H groups in total. The standard InChI is InChI=1S/C5H12N2OS/c6-2-1-3-8-5(9)4-7/h1-4,6-7H2. The third kappa shape index (κ3) is 5.68. The normalized spacial score (nSPS) is 9.11. The zero-order valence-corrected chi connectivity index (χ0v) is 6.12. The van der Waals surface area contributed by atoms with Gasteiger partial charge in [-0.15, -0.1) is 0 Å². The lowest BCUT2D eigenvalue weighted by Gasteiger charge is -2.02. The summed E-state index contributed by atoms with van der Waals surface area (Å²) < 4.78 is 4.96. The molecule has 4 heteroatoms. The molecule has 0 radical (unpaired) electrons. The SMILES string of the molecule is NCCCOC(=S)CN. The van der Waals surface area contributed by atoms with E-state index in [0.717, 1.165) is 6.42 Å². The quantitative estimate of drug-likeness (QED) is 0.422. The molecule has 0 aliphatic carbocycles. The predicted octanol–water partition coefficient (Wildman–Crippen LogP) is -0.362. The topological polar surface area (TPSA) is 61.3 Å². The molecular weight excluding hydrogens is 136 g/mol. The first kappa shape index (κ1) is 8.81. The first-order chi connectivity index (χ1) is 4.31. The minimum atomic E-state index is 0.319. The molecule has 0 aromatic carbocycles. The lowest BCUT2D eigenvalue weighted by molar-refractivity contribution is 0.304. The van der Waals surface area contributed by atoms with Crippen LogP contribution in [0.1, 0.15) is 6.42 Å². The largest absolute Gasteiger partial charge is 0.486 e. The van der Waals surface area contributed by atoms with Gasteiger partial charge in [-0.25, -0.2) is 0 Å². The van der Waals surface area contributed by atoms with Crippen molar-refractivity contribution in [1.82, 2.24) is 0 Å². The van der Waals surface area contributed by atoms with E-state index in [1.165, 1.54) is 0 Å². The first-order valence-electron chi connectivity index (χ1n) is 2.87. The summed E-state index contributed by atoms with van der Waals surface area (Å²) in [5, 5.41) is 0.462. The van der Waals surface area contributed by atoms with Gasteiger partial charge in [0.25, 0.3) is 0 Å². The van der Waals surface area contributed by atoms with Crippen molar-refractivity contribution < 1.29 is 4.74 Å². The van der Waals surface area contributed by atoms with E-state index in [4.69, 9.17) is 16.2 Å². The van der Waals surface area contributed by atoms with Gasteiger partial charge in [0.05, 0.1) is 13.2 Å². The van der Waals surface area contributed by atoms with Crippen LogP contribution < -0.4 is 11.5 Å². The molecule has 54 valence electrons. The molecule has 0 rings (SSSR count). The first-order valence-corrected chi connectivity index (χ1v) is 3.28. The number of rotatable bonds is 4. The van der Waals surface area contributed by atoms with E-state index in [2.05, 4.69) is 12.2 Å². The van der Waals surface area contributed by atoms with E-state index in [0.29, 0.717) is 24.7 Å². The Labute approximate surface area is 60.4 Å². The maximum absolute atomic E-state index is 5.20. The summed E-state index contributed by atoms with van der Waals surface area (Å²) >= 11 is 4.68. The van der Waals surface area contributed by atoms with Gasteiger partial charge < -0.3 is 16.2 Å². The van der Waals surface area contributed by atoms with Crippen LogP contribution in [-0.2, 0) is 4.74 Å². The van der Waals surface area contributed by atoms with Crippen molar-refractivity contribution in [1.29, 1.82) is 0 Å². The molecule has 0 spiro atoms. The van der Waals surface area contributed by atoms with E-state index in [-0.39, 0.29) is 0 Å². The lowest BCUT2D eigenvalue weighted by atomic mass is 10.5. The molecule has 0 aliphatic heterocycles. The summed E-state index contributed by atoms with van der Waals surface area (Å²) in [6.07, 6.45) is 0.833. The third-order valence-electron chi connectivity index (χ3n) is 0.778. The van der Waals surface area contributed by atoms with Gasteiger partial charge in [-0.05, 0) is 25.2 Å². The molecular formula is C5H12N2OS. The molecule has 3 nitrogen and oxygen atoms in total. The van der Waals surface area contributed by atoms with Crippen LogP contribution in [0, 0.1) is 0 Å². The van der Waals surface area contributed by atoms with E-state index >= 15 is 0 Å². The average Bonchev–Trinajstić information content (AvgIpc) is 1.89. The van der Waals surface area contributed by atoms with Crippen LogP contribution >= 0.6 is 12.2 Å². The highest BCUT2D eigenvalue weighted by Gasteiger charge is 1.90. The van der Waals surface area contributed by atoms with Crippen LogP contribution in [0.25, 0.3) is 0 Å². The highest BCUT2D eigenvalue weighted by molar-refractivity contribution is 7.80. The second-order valence-electron chi connectivity index (χ2n) is 1.57. The monoisotopic (exact) mass is 148 g/mol. The predicted molar refractivity (Wildman–Crippen MR) is 41.3 cm³/mol. The van der Waals surface area contributed by atoms with Gasteiger partial charge in [-0.1, -0.05) is 0 Å². The maximum atomic E-state index is 5.20. The van der Waals surface area contributed by atoms with E-state index < -0.39 is 0 Å². The zero-order chi connectivity index (χ0) is 7.11. The summed E-state index contributed by atoms with van der Waals surface area (Å²) in [6.45, 7) is 1.54. The highest BCUT2D eigenvalue weighted by atomic mass is 32.1. The average molecular weight is 148 g/mol. The fourth-order valence-corrected chi connectivity index (χ4v) is 0.412. The molecule has 0 aromatic rings. The zero-order valence-electron chi connectivity index (χ0n) is 5.30. The molecule has 0 bridgehead atoms. The lowest BCUT2D eigenvalue weighted by Crippen LogP contribution is -2.16. The van der Waals surface area contributed by atoms with Gasteiger partial charge in [0.15, 0.2) is 5.05 Å². The smallest absolute Gasteiger partial charge is 0.173 e. The molecule has 9 heavy (non-hydrogen) atoms. The van der Waals surface area contributed by atoms with Crippen LogP contribution in [0.2, 0.25) is 0 Å². The van der Waals surface area contributed by atoms with Gasteiger partial charge in [0, 0.05) is 0 Å². The van der Waals surface area contributed by atoms with Gasteiger partial charge in [0.2, 0.25) is 0 Å². The van der Waals surface area contributed by atoms with E-state index in [9.17, 15) is 0 Å². The molecule has 0 atom stereocenters. The van der Waals surface area contributed by atoms with Gasteiger partial charge >= 0.3 is 0 Å². The number of nitrogens with two attached hydrogens (primary N) is 2. The van der Waals surface area contributed by atoms with Crippen LogP contribution in [0.15, 0.2) is 0 Å². The minimum Gasteiger partial charge on any atom is -0.486 e. The fourth-order valence-electron chi connectivity index (χ4n) is 0.328. The number of ether oxygens (including phenoxy) is 1. The molecule has 0 heterocycles. The van der Waals surface area contributed by atoms with Gasteiger partial charge in [-0.2, -0.15) is 0 Å². The van der Waals surface area contributed by atoms with Crippen molar-refractivity contribution in [3.05, 3.63) is 0 Å². The van der Waals surface area contributed by atoms with Crippen LogP contribution in [-0.4, -0.2) is 24.7 Å². The van der Waals surface area contributed by atoms with Gasteiger partial charge in [0.1, 0.15) is 0 Å². The Kier molecular flexibility index (Phi) is 5.81. The third-order valence-corrected chi connectivity index (χ3v) is 1.06. The summed E-state index contributed by atoms with van der Waals surface area (Å²) in [7, 11) is 0. The van der Waals surface area contributed by atoms with Gasteiger partial charge in [-0.3, -0.25) is 0 Å². The van der Waals surface area contributed by atoms with E-state index in [1.807, 2.05) is 0 Å². The Morgan fingerprint density at radius 2 is 2.11 bits per heavy atom. The summed E-state index contributed by atoms with van der Waals surface area (Å²) in [5.74, 6) is 0. The molecule has 0 aromatic heterocycles. The second-order valence-corrected chi connectivity index (χ2v) is 2.02. The van der Waals surface area contributed by atoms with Crippen molar-refractivity contribution in [3.8, 4) is 0 Å². The van der Waals surface area contributed by atoms with Crippen LogP contribution in [0.4, 0.5) is 0 Å². The highest BCUT2D eigenvalue weighted by Crippen LogP contribution is 1.81. The number of hydrogen-bond acceptors (Lipinski definition) is 4. The Balaban J connectivity index is 2.97. The maximum Gasteiger partial charge on any atom is 0.173 e. The molecule has 0 saturated carbocycles. The van der Waals surface area contributed by atoms with Crippen molar-refractivity contribution in [2.75, 3.05) is 19.7 Å². The Morgan fingerprint density at radius 3 is 2.56 bits per heavy atom. The van der Waals surface area contributed by atoms with Crippen LogP contribution in [0.5, 0.6) is 0 Å². The Bertz CT molecular complexity index is 87.0. The van der Waals surface area contributed by atoms with Crippen molar-refractivity contribution in [2.45, 2.75) is 6.42 Å². The molecule has 0 unspecified atom stereocenters. The van der Waals surface area contributed by atoms with E-state index in [1.54, 1.807) is 0 Å². The second kappa shape index (κ2) is 5.94.